The molecule has 0 spiro atoms. The number of carbonyl (C=O) groups excluding carboxylic acids is 2. The number of allylic oxidation sites excluding steroid dienone is 6. The molecule has 0 unspecified atom stereocenters. The van der Waals surface area contributed by atoms with Crippen molar-refractivity contribution in [3.63, 3.8) is 0 Å². The average molecular weight is 519 g/mol. The fourth-order valence-electron chi connectivity index (χ4n) is 6.97. The first-order valence-corrected chi connectivity index (χ1v) is 13.6. The molecule has 5 heteroatoms. The lowest BCUT2D eigenvalue weighted by atomic mass is 9.51. The zero-order valence-corrected chi connectivity index (χ0v) is 23.7. The molecule has 2 bridgehead atoms. The Balaban J connectivity index is 2.04. The number of ether oxygens (including phenoxy) is 1. The van der Waals surface area contributed by atoms with E-state index in [0.717, 1.165) is 29.6 Å². The minimum Gasteiger partial charge on any atom is -0.506 e. The molecule has 0 aromatic heterocycles. The van der Waals surface area contributed by atoms with Crippen molar-refractivity contribution in [2.45, 2.75) is 91.5 Å². The monoisotopic (exact) mass is 518 g/mol. The smallest absolute Gasteiger partial charge is 0.193 e. The van der Waals surface area contributed by atoms with Crippen molar-refractivity contribution < 1.29 is 24.5 Å². The van der Waals surface area contributed by atoms with Gasteiger partial charge in [-0.1, -0.05) is 59.2 Å². The predicted molar refractivity (Wildman–Crippen MR) is 150 cm³/mol. The van der Waals surface area contributed by atoms with Gasteiger partial charge in [-0.3, -0.25) is 9.59 Å². The van der Waals surface area contributed by atoms with E-state index in [1.54, 1.807) is 24.3 Å². The van der Waals surface area contributed by atoms with E-state index in [1.165, 1.54) is 0 Å². The van der Waals surface area contributed by atoms with Gasteiger partial charge in [-0.05, 0) is 86.0 Å². The highest BCUT2D eigenvalue weighted by Gasteiger charge is 2.82. The Hall–Kier alpha value is -2.76. The second-order valence-corrected chi connectivity index (χ2v) is 12.5. The molecule has 2 aliphatic heterocycles. The van der Waals surface area contributed by atoms with Crippen LogP contribution < -0.4 is 0 Å². The van der Waals surface area contributed by atoms with Crippen molar-refractivity contribution in [3.05, 3.63) is 76.9 Å². The summed E-state index contributed by atoms with van der Waals surface area (Å²) in [6.07, 6.45) is 6.49. The van der Waals surface area contributed by atoms with Gasteiger partial charge < -0.3 is 14.9 Å². The van der Waals surface area contributed by atoms with E-state index in [1.807, 2.05) is 59.8 Å². The van der Waals surface area contributed by atoms with Crippen molar-refractivity contribution >= 4 is 17.3 Å². The molecular weight excluding hydrogens is 476 g/mol. The first kappa shape index (κ1) is 28.3. The molecule has 4 rings (SSSR count). The highest BCUT2D eigenvalue weighted by Crippen LogP contribution is 2.72. The maximum absolute atomic E-state index is 14.6. The molecule has 1 saturated carbocycles. The molecule has 1 aromatic rings. The SMILES string of the molecule is C=C(C)CC[C@@H]1C[C@@]2(CC=C(C)C)C(=O)/C(=C(\O)c3ccccc3)C(=O)[C@@]3(CC=C(C)C)C[C@@]1(C)O[C@]23O. The fraction of sp³-hybridized carbons (Fsp3) is 0.515. The molecule has 3 fully saturated rings. The van der Waals surface area contributed by atoms with Gasteiger partial charge in [-0.15, -0.1) is 6.58 Å². The summed E-state index contributed by atoms with van der Waals surface area (Å²) >= 11 is 0. The van der Waals surface area contributed by atoms with Crippen molar-refractivity contribution in [2.75, 3.05) is 0 Å². The van der Waals surface area contributed by atoms with Crippen LogP contribution in [0.15, 0.2) is 71.4 Å². The Morgan fingerprint density at radius 1 is 1.00 bits per heavy atom. The van der Waals surface area contributed by atoms with E-state index in [9.17, 15) is 19.8 Å². The molecule has 38 heavy (non-hydrogen) atoms. The largest absolute Gasteiger partial charge is 0.506 e. The lowest BCUT2D eigenvalue weighted by Crippen LogP contribution is -2.70. The van der Waals surface area contributed by atoms with E-state index in [0.29, 0.717) is 12.0 Å². The molecule has 0 amide bonds. The first-order valence-electron chi connectivity index (χ1n) is 13.6. The molecular formula is C33H42O5. The van der Waals surface area contributed by atoms with Crippen LogP contribution in [0.2, 0.25) is 0 Å². The molecule has 2 N–H and O–H groups in total. The molecule has 0 radical (unpaired) electrons. The second-order valence-electron chi connectivity index (χ2n) is 12.5. The van der Waals surface area contributed by atoms with E-state index in [-0.39, 0.29) is 36.5 Å². The highest BCUT2D eigenvalue weighted by molar-refractivity contribution is 6.30. The van der Waals surface area contributed by atoms with Gasteiger partial charge >= 0.3 is 0 Å². The maximum atomic E-state index is 14.6. The Bertz CT molecular complexity index is 1250. The topological polar surface area (TPSA) is 83.8 Å². The number of hydrogen-bond donors (Lipinski definition) is 2. The van der Waals surface area contributed by atoms with Crippen molar-refractivity contribution in [1.82, 2.24) is 0 Å². The lowest BCUT2D eigenvalue weighted by molar-refractivity contribution is -0.339. The van der Waals surface area contributed by atoms with Crippen LogP contribution >= 0.6 is 0 Å². The number of hydrogen-bond acceptors (Lipinski definition) is 5. The molecule has 2 heterocycles. The fourth-order valence-corrected chi connectivity index (χ4v) is 6.97. The number of aliphatic hydroxyl groups is 2. The third kappa shape index (κ3) is 4.15. The van der Waals surface area contributed by atoms with Crippen LogP contribution in [0.4, 0.5) is 0 Å². The van der Waals surface area contributed by atoms with Gasteiger partial charge in [-0.2, -0.15) is 0 Å². The minimum atomic E-state index is -2.00. The molecule has 2 saturated heterocycles. The number of rotatable bonds is 8. The number of carbonyl (C=O) groups is 2. The van der Waals surface area contributed by atoms with Crippen LogP contribution in [0, 0.1) is 16.7 Å². The quantitative estimate of drug-likeness (QED) is 0.167. The minimum absolute atomic E-state index is 0.0754. The second kappa shape index (κ2) is 9.77. The van der Waals surface area contributed by atoms with E-state index in [2.05, 4.69) is 6.58 Å². The number of benzene rings is 1. The van der Waals surface area contributed by atoms with Crippen LogP contribution in [-0.2, 0) is 14.3 Å². The summed E-state index contributed by atoms with van der Waals surface area (Å²) in [7, 11) is 0. The van der Waals surface area contributed by atoms with Crippen LogP contribution in [-0.4, -0.2) is 33.2 Å². The summed E-state index contributed by atoms with van der Waals surface area (Å²) < 4.78 is 6.65. The van der Waals surface area contributed by atoms with Crippen molar-refractivity contribution in [1.29, 1.82) is 0 Å². The lowest BCUT2D eigenvalue weighted by Gasteiger charge is -2.58. The first-order chi connectivity index (χ1) is 17.7. The summed E-state index contributed by atoms with van der Waals surface area (Å²) in [6, 6.07) is 8.72. The van der Waals surface area contributed by atoms with Gasteiger partial charge in [0.1, 0.15) is 11.3 Å². The summed E-state index contributed by atoms with van der Waals surface area (Å²) in [5.74, 6) is -3.45. The van der Waals surface area contributed by atoms with Crippen LogP contribution in [0.5, 0.6) is 0 Å². The molecule has 204 valence electrons. The van der Waals surface area contributed by atoms with Gasteiger partial charge in [0.25, 0.3) is 0 Å². The van der Waals surface area contributed by atoms with E-state index in [4.69, 9.17) is 4.74 Å². The molecule has 5 nitrogen and oxygen atoms in total. The number of ketones is 2. The predicted octanol–water partition coefficient (Wildman–Crippen LogP) is 7.04. The normalized spacial score (nSPS) is 35.1. The zero-order chi connectivity index (χ0) is 28.1. The average Bonchev–Trinajstić information content (AvgIpc) is 3.08. The van der Waals surface area contributed by atoms with Crippen LogP contribution in [0.25, 0.3) is 5.76 Å². The van der Waals surface area contributed by atoms with Gasteiger partial charge in [-0.25, -0.2) is 0 Å². The Labute approximate surface area is 227 Å². The van der Waals surface area contributed by atoms with Gasteiger partial charge in [0.15, 0.2) is 17.4 Å². The molecule has 1 aromatic carbocycles. The highest BCUT2D eigenvalue weighted by atomic mass is 16.7. The van der Waals surface area contributed by atoms with Crippen molar-refractivity contribution in [3.8, 4) is 0 Å². The Kier molecular flexibility index (Phi) is 7.26. The summed E-state index contributed by atoms with van der Waals surface area (Å²) in [5, 5.41) is 24.1. The number of fused-ring (bicyclic) bond motifs is 1. The summed E-state index contributed by atoms with van der Waals surface area (Å²) in [4.78, 5) is 29.2. The maximum Gasteiger partial charge on any atom is 0.193 e. The molecule has 1 aliphatic carbocycles. The number of Topliss-reactive ketones (excluding diaryl/α,β-unsaturated/α-hetero) is 2. The Morgan fingerprint density at radius 3 is 2.11 bits per heavy atom. The Morgan fingerprint density at radius 2 is 1.55 bits per heavy atom. The third-order valence-corrected chi connectivity index (χ3v) is 9.03. The zero-order valence-electron chi connectivity index (χ0n) is 23.7. The summed E-state index contributed by atoms with van der Waals surface area (Å²) in [5.41, 5.74) is -0.378. The van der Waals surface area contributed by atoms with Gasteiger partial charge in [0.2, 0.25) is 0 Å². The standard InChI is InChI=1S/C33H42O5/c1-21(2)13-14-25-19-31(17-15-22(3)4)28(35)26(27(34)24-11-9-8-10-12-24)29(36)32(18-16-23(5)6)20-30(25,7)38-33(31,32)37/h8-12,15-16,25,34,37H,1,13-14,17-20H2,2-7H3/b27-26+/t25-,30-,31+,32-,33-/m1/s1. The van der Waals surface area contributed by atoms with Gasteiger partial charge in [0, 0.05) is 5.56 Å². The van der Waals surface area contributed by atoms with Crippen LogP contribution in [0.1, 0.15) is 85.6 Å². The van der Waals surface area contributed by atoms with E-state index < -0.39 is 33.8 Å². The summed E-state index contributed by atoms with van der Waals surface area (Å²) in [6.45, 7) is 15.8. The van der Waals surface area contributed by atoms with Crippen LogP contribution in [0.3, 0.4) is 0 Å². The van der Waals surface area contributed by atoms with Gasteiger partial charge in [0.05, 0.1) is 16.4 Å². The molecule has 5 atom stereocenters. The van der Waals surface area contributed by atoms with E-state index >= 15 is 0 Å². The third-order valence-electron chi connectivity index (χ3n) is 9.03. The number of aliphatic hydroxyl groups excluding tert-OH is 1. The van der Waals surface area contributed by atoms with Crippen molar-refractivity contribution in [2.24, 2.45) is 16.7 Å². The molecule has 3 aliphatic rings.